The number of thiophene rings is 1. The minimum Gasteiger partial charge on any atom is -0.381 e. The van der Waals surface area contributed by atoms with E-state index in [1.54, 1.807) is 6.92 Å². The van der Waals surface area contributed by atoms with Crippen molar-refractivity contribution in [3.63, 3.8) is 0 Å². The number of nitrogens with zero attached hydrogens (tertiary/aromatic N) is 1. The summed E-state index contributed by atoms with van der Waals surface area (Å²) in [6.45, 7) is 1.65. The van der Waals surface area contributed by atoms with Crippen LogP contribution in [-0.4, -0.2) is 25.2 Å². The van der Waals surface area contributed by atoms with Gasteiger partial charge in [0.15, 0.2) is 0 Å². The Morgan fingerprint density at radius 3 is 2.76 bits per heavy atom. The van der Waals surface area contributed by atoms with E-state index in [-0.39, 0.29) is 12.2 Å². The summed E-state index contributed by atoms with van der Waals surface area (Å²) in [6.07, 6.45) is 0. The molecule has 0 radical (unpaired) electrons. The molecule has 1 N–H and O–H groups in total. The molecule has 0 saturated heterocycles. The molecule has 1 amide bonds. The van der Waals surface area contributed by atoms with Gasteiger partial charge in [-0.25, -0.2) is 0 Å². The first-order valence-electron chi connectivity index (χ1n) is 4.59. The molecule has 4 nitrogen and oxygen atoms in total. The minimum atomic E-state index is -1.09. The fourth-order valence-corrected chi connectivity index (χ4v) is 2.66. The number of rotatable bonds is 4. The molecule has 92 valence electrons. The number of methoxy groups -OCH3 is 1. The fraction of sp³-hybridized carbons (Fsp3) is 0.400. The smallest absolute Gasteiger partial charge is 0.255 e. The summed E-state index contributed by atoms with van der Waals surface area (Å²) >= 11 is 12.7. The Kier molecular flexibility index (Phi) is 4.78. The molecule has 0 aromatic carbocycles. The van der Waals surface area contributed by atoms with E-state index in [4.69, 9.17) is 33.2 Å². The Balaban J connectivity index is 2.86. The number of ether oxygens (including phenoxy) is 1. The van der Waals surface area contributed by atoms with Crippen LogP contribution in [0.2, 0.25) is 8.67 Å². The van der Waals surface area contributed by atoms with Crippen molar-refractivity contribution in [3.05, 3.63) is 20.3 Å². The highest BCUT2D eigenvalue weighted by Crippen LogP contribution is 2.31. The van der Waals surface area contributed by atoms with E-state index in [0.29, 0.717) is 8.67 Å². The summed E-state index contributed by atoms with van der Waals surface area (Å²) in [5.41, 5.74) is -0.830. The van der Waals surface area contributed by atoms with E-state index in [9.17, 15) is 4.79 Å². The van der Waals surface area contributed by atoms with E-state index in [1.807, 2.05) is 6.07 Å². The van der Waals surface area contributed by atoms with Crippen molar-refractivity contribution in [1.82, 2.24) is 5.32 Å². The summed E-state index contributed by atoms with van der Waals surface area (Å²) < 4.78 is 5.59. The van der Waals surface area contributed by atoms with Gasteiger partial charge in [-0.3, -0.25) is 4.79 Å². The lowest BCUT2D eigenvalue weighted by Gasteiger charge is -2.21. The zero-order valence-corrected chi connectivity index (χ0v) is 11.5. The summed E-state index contributed by atoms with van der Waals surface area (Å²) in [7, 11) is 1.45. The van der Waals surface area contributed by atoms with E-state index in [1.165, 1.54) is 13.2 Å². The molecule has 7 heteroatoms. The van der Waals surface area contributed by atoms with Gasteiger partial charge in [0, 0.05) is 7.11 Å². The molecule has 17 heavy (non-hydrogen) atoms. The third kappa shape index (κ3) is 3.58. The topological polar surface area (TPSA) is 62.1 Å². The van der Waals surface area contributed by atoms with Crippen LogP contribution >= 0.6 is 34.5 Å². The van der Waals surface area contributed by atoms with Gasteiger partial charge in [0.05, 0.1) is 22.6 Å². The Bertz CT molecular complexity index is 469. The first-order valence-corrected chi connectivity index (χ1v) is 6.16. The molecule has 0 fully saturated rings. The second-order valence-corrected chi connectivity index (χ2v) is 5.85. The quantitative estimate of drug-likeness (QED) is 0.928. The summed E-state index contributed by atoms with van der Waals surface area (Å²) in [5.74, 6) is -0.445. The number of hydrogen-bond donors (Lipinski definition) is 1. The number of carbonyl (C=O) groups excluding carboxylic acids is 1. The molecular weight excluding hydrogens is 283 g/mol. The molecule has 1 heterocycles. The predicted octanol–water partition coefficient (Wildman–Crippen LogP) is 2.71. The summed E-state index contributed by atoms with van der Waals surface area (Å²) in [6, 6.07) is 3.44. The van der Waals surface area contributed by atoms with Crippen LogP contribution in [0.4, 0.5) is 0 Å². The lowest BCUT2D eigenvalue weighted by atomic mass is 10.1. The zero-order chi connectivity index (χ0) is 13.1. The van der Waals surface area contributed by atoms with Crippen LogP contribution in [0, 0.1) is 11.3 Å². The molecule has 0 saturated carbocycles. The van der Waals surface area contributed by atoms with E-state index >= 15 is 0 Å². The molecule has 0 spiro atoms. The highest BCUT2D eigenvalue weighted by atomic mass is 35.5. The maximum atomic E-state index is 11.9. The Labute approximate surface area is 113 Å². The maximum absolute atomic E-state index is 11.9. The average Bonchev–Trinajstić information content (AvgIpc) is 2.58. The minimum absolute atomic E-state index is 0.0880. The number of halogens is 2. The molecule has 1 aromatic heterocycles. The van der Waals surface area contributed by atoms with Crippen LogP contribution in [0.5, 0.6) is 0 Å². The molecule has 1 rings (SSSR count). The van der Waals surface area contributed by atoms with Crippen molar-refractivity contribution in [2.45, 2.75) is 12.5 Å². The number of amides is 1. The molecule has 1 aromatic rings. The second kappa shape index (κ2) is 5.69. The van der Waals surface area contributed by atoms with Crippen LogP contribution in [0.3, 0.4) is 0 Å². The van der Waals surface area contributed by atoms with Crippen molar-refractivity contribution in [2.75, 3.05) is 13.7 Å². The zero-order valence-electron chi connectivity index (χ0n) is 9.21. The Morgan fingerprint density at radius 1 is 1.71 bits per heavy atom. The first kappa shape index (κ1) is 14.3. The molecule has 1 unspecified atom stereocenters. The number of carbonyl (C=O) groups is 1. The van der Waals surface area contributed by atoms with Gasteiger partial charge in [-0.15, -0.1) is 11.3 Å². The van der Waals surface area contributed by atoms with E-state index in [2.05, 4.69) is 5.32 Å². The van der Waals surface area contributed by atoms with Gasteiger partial charge < -0.3 is 10.1 Å². The number of nitriles is 1. The van der Waals surface area contributed by atoms with Gasteiger partial charge in [0.1, 0.15) is 9.88 Å². The van der Waals surface area contributed by atoms with E-state index in [0.717, 1.165) is 11.3 Å². The molecule has 1 atom stereocenters. The fourth-order valence-electron chi connectivity index (χ4n) is 1.20. The van der Waals surface area contributed by atoms with Crippen LogP contribution < -0.4 is 5.32 Å². The van der Waals surface area contributed by atoms with Crippen LogP contribution in [-0.2, 0) is 4.74 Å². The van der Waals surface area contributed by atoms with Crippen molar-refractivity contribution < 1.29 is 9.53 Å². The Hall–Kier alpha value is -0.800. The van der Waals surface area contributed by atoms with Crippen molar-refractivity contribution in [1.29, 1.82) is 5.26 Å². The SMILES string of the molecule is COCC(C)(C#N)NC(=O)c1cc(Cl)sc1Cl. The molecule has 0 aliphatic carbocycles. The molecule has 0 aliphatic heterocycles. The lowest BCUT2D eigenvalue weighted by Crippen LogP contribution is -2.48. The van der Waals surface area contributed by atoms with Gasteiger partial charge in [-0.1, -0.05) is 23.2 Å². The molecule has 0 bridgehead atoms. The van der Waals surface area contributed by atoms with Crippen molar-refractivity contribution in [3.8, 4) is 6.07 Å². The average molecular weight is 293 g/mol. The highest BCUT2D eigenvalue weighted by Gasteiger charge is 2.28. The highest BCUT2D eigenvalue weighted by molar-refractivity contribution is 7.20. The van der Waals surface area contributed by atoms with Gasteiger partial charge in [-0.2, -0.15) is 5.26 Å². The van der Waals surface area contributed by atoms with Gasteiger partial charge >= 0.3 is 0 Å². The Morgan fingerprint density at radius 2 is 2.35 bits per heavy atom. The van der Waals surface area contributed by atoms with Crippen molar-refractivity contribution >= 4 is 40.4 Å². The largest absolute Gasteiger partial charge is 0.381 e. The van der Waals surface area contributed by atoms with Gasteiger partial charge in [0.2, 0.25) is 0 Å². The second-order valence-electron chi connectivity index (χ2n) is 3.57. The van der Waals surface area contributed by atoms with Crippen LogP contribution in [0.25, 0.3) is 0 Å². The molecule has 0 aliphatic rings. The monoisotopic (exact) mass is 292 g/mol. The summed E-state index contributed by atoms with van der Waals surface area (Å²) in [4.78, 5) is 11.9. The van der Waals surface area contributed by atoms with Crippen LogP contribution in [0.15, 0.2) is 6.07 Å². The van der Waals surface area contributed by atoms with Gasteiger partial charge in [0.25, 0.3) is 5.91 Å². The maximum Gasteiger partial charge on any atom is 0.255 e. The standard InChI is InChI=1S/C10H10Cl2N2O2S/c1-10(4-13,5-16-2)14-9(15)6-3-7(11)17-8(6)12/h3H,5H2,1-2H3,(H,14,15). The first-order chi connectivity index (χ1) is 7.91. The summed E-state index contributed by atoms with van der Waals surface area (Å²) in [5, 5.41) is 11.5. The van der Waals surface area contributed by atoms with Crippen LogP contribution in [0.1, 0.15) is 17.3 Å². The van der Waals surface area contributed by atoms with Crippen molar-refractivity contribution in [2.24, 2.45) is 0 Å². The molecular formula is C10H10Cl2N2O2S. The van der Waals surface area contributed by atoms with E-state index < -0.39 is 11.4 Å². The number of nitrogens with one attached hydrogen (secondary N) is 1. The third-order valence-corrected chi connectivity index (χ3v) is 3.46. The lowest BCUT2D eigenvalue weighted by molar-refractivity contribution is 0.0861. The third-order valence-electron chi connectivity index (χ3n) is 1.97. The predicted molar refractivity (Wildman–Crippen MR) is 67.7 cm³/mol. The van der Waals surface area contributed by atoms with Gasteiger partial charge in [-0.05, 0) is 13.0 Å². The normalized spacial score (nSPS) is 13.8. The number of hydrogen-bond acceptors (Lipinski definition) is 4.